The molecule has 0 aliphatic rings. The first-order valence-corrected chi connectivity index (χ1v) is 5.08. The predicted octanol–water partition coefficient (Wildman–Crippen LogP) is 3.80. The fraction of sp³-hybridized carbons (Fsp3) is 0.0714. The number of benzene rings is 2. The summed E-state index contributed by atoms with van der Waals surface area (Å²) in [5.41, 5.74) is 3.78. The zero-order valence-corrected chi connectivity index (χ0v) is 9.00. The molecule has 0 aromatic heterocycles. The molecule has 0 fully saturated rings. The first-order valence-electron chi connectivity index (χ1n) is 5.08. The second kappa shape index (κ2) is 4.27. The molecule has 0 unspecified atom stereocenters. The van der Waals surface area contributed by atoms with E-state index in [4.69, 9.17) is 5.41 Å². The largest absolute Gasteiger partial charge is 0.308 e. The summed E-state index contributed by atoms with van der Waals surface area (Å²) in [5.74, 6) is -0.229. The Bertz CT molecular complexity index is 532. The summed E-state index contributed by atoms with van der Waals surface area (Å²) in [7, 11) is 0. The Kier molecular flexibility index (Phi) is 2.82. The summed E-state index contributed by atoms with van der Waals surface area (Å²) in [6.45, 7) is 1.97. The summed E-state index contributed by atoms with van der Waals surface area (Å²) in [5, 5.41) is 7.16. The Morgan fingerprint density at radius 1 is 1.12 bits per heavy atom. The second-order valence-electron chi connectivity index (χ2n) is 3.73. The Balaban J connectivity index is 2.52. The van der Waals surface area contributed by atoms with Gasteiger partial charge in [-0.15, -0.1) is 0 Å². The lowest BCUT2D eigenvalue weighted by Gasteiger charge is -2.06. The average Bonchev–Trinajstić information content (AvgIpc) is 2.28. The number of hydrogen-bond acceptors (Lipinski definition) is 1. The SMILES string of the molecule is Cc1cc(C=N)ccc1-c1cccc(F)c1. The summed E-state index contributed by atoms with van der Waals surface area (Å²) < 4.78 is 13.1. The van der Waals surface area contributed by atoms with Gasteiger partial charge in [0.05, 0.1) is 0 Å². The number of halogens is 1. The Hall–Kier alpha value is -1.96. The molecular weight excluding hydrogens is 201 g/mol. The van der Waals surface area contributed by atoms with Crippen molar-refractivity contribution in [3.63, 3.8) is 0 Å². The summed E-state index contributed by atoms with van der Waals surface area (Å²) in [4.78, 5) is 0. The molecule has 0 aliphatic carbocycles. The molecule has 2 heteroatoms. The smallest absolute Gasteiger partial charge is 0.123 e. The third-order valence-corrected chi connectivity index (χ3v) is 2.55. The second-order valence-corrected chi connectivity index (χ2v) is 3.73. The maximum atomic E-state index is 13.1. The van der Waals surface area contributed by atoms with E-state index in [2.05, 4.69) is 0 Å². The molecule has 80 valence electrons. The van der Waals surface area contributed by atoms with Gasteiger partial charge in [0.2, 0.25) is 0 Å². The van der Waals surface area contributed by atoms with Crippen LogP contribution in [-0.4, -0.2) is 6.21 Å². The van der Waals surface area contributed by atoms with Crippen LogP contribution < -0.4 is 0 Å². The minimum absolute atomic E-state index is 0.229. The van der Waals surface area contributed by atoms with Crippen molar-refractivity contribution < 1.29 is 4.39 Å². The predicted molar refractivity (Wildman–Crippen MR) is 64.5 cm³/mol. The summed E-state index contributed by atoms with van der Waals surface area (Å²) >= 11 is 0. The quantitative estimate of drug-likeness (QED) is 0.734. The Morgan fingerprint density at radius 3 is 2.56 bits per heavy atom. The van der Waals surface area contributed by atoms with Crippen molar-refractivity contribution in [3.8, 4) is 11.1 Å². The topological polar surface area (TPSA) is 23.9 Å². The van der Waals surface area contributed by atoms with Crippen LogP contribution in [0.1, 0.15) is 11.1 Å². The third-order valence-electron chi connectivity index (χ3n) is 2.55. The Labute approximate surface area is 94.1 Å². The molecule has 0 aliphatic heterocycles. The molecule has 2 rings (SSSR count). The van der Waals surface area contributed by atoms with E-state index in [9.17, 15) is 4.39 Å². The van der Waals surface area contributed by atoms with Gasteiger partial charge in [-0.1, -0.05) is 24.3 Å². The van der Waals surface area contributed by atoms with E-state index in [-0.39, 0.29) is 5.82 Å². The lowest BCUT2D eigenvalue weighted by Crippen LogP contribution is -1.87. The minimum atomic E-state index is -0.229. The van der Waals surface area contributed by atoms with Crippen LogP contribution in [0.15, 0.2) is 42.5 Å². The molecule has 0 spiro atoms. The van der Waals surface area contributed by atoms with Gasteiger partial charge in [-0.25, -0.2) is 4.39 Å². The molecular formula is C14H12FN. The highest BCUT2D eigenvalue weighted by Crippen LogP contribution is 2.24. The highest BCUT2D eigenvalue weighted by molar-refractivity contribution is 5.80. The van der Waals surface area contributed by atoms with E-state index in [0.29, 0.717) is 0 Å². The molecule has 2 aromatic rings. The molecule has 16 heavy (non-hydrogen) atoms. The molecule has 0 bridgehead atoms. The van der Waals surface area contributed by atoms with E-state index in [1.807, 2.05) is 31.2 Å². The van der Waals surface area contributed by atoms with Crippen molar-refractivity contribution in [2.75, 3.05) is 0 Å². The van der Waals surface area contributed by atoms with E-state index < -0.39 is 0 Å². The normalized spacial score (nSPS) is 10.1. The van der Waals surface area contributed by atoms with Gasteiger partial charge in [0.15, 0.2) is 0 Å². The van der Waals surface area contributed by atoms with Crippen molar-refractivity contribution >= 4 is 6.21 Å². The lowest BCUT2D eigenvalue weighted by atomic mass is 9.99. The van der Waals surface area contributed by atoms with Crippen LogP contribution in [0.3, 0.4) is 0 Å². The number of aryl methyl sites for hydroxylation is 1. The van der Waals surface area contributed by atoms with E-state index in [1.54, 1.807) is 6.07 Å². The van der Waals surface area contributed by atoms with Crippen molar-refractivity contribution in [3.05, 3.63) is 59.4 Å². The standard InChI is InChI=1S/C14H12FN/c1-10-7-11(9-16)5-6-14(10)12-3-2-4-13(15)8-12/h2-9,16H,1H3. The summed E-state index contributed by atoms with van der Waals surface area (Å²) in [6.07, 6.45) is 1.31. The van der Waals surface area contributed by atoms with Gasteiger partial charge in [-0.05, 0) is 47.4 Å². The first kappa shape index (κ1) is 10.6. The number of nitrogens with one attached hydrogen (secondary N) is 1. The van der Waals surface area contributed by atoms with Crippen molar-refractivity contribution in [2.24, 2.45) is 0 Å². The van der Waals surface area contributed by atoms with E-state index >= 15 is 0 Å². The highest BCUT2D eigenvalue weighted by atomic mass is 19.1. The van der Waals surface area contributed by atoms with Gasteiger partial charge in [-0.2, -0.15) is 0 Å². The molecule has 1 N–H and O–H groups in total. The number of hydrogen-bond donors (Lipinski definition) is 1. The number of rotatable bonds is 2. The van der Waals surface area contributed by atoms with Crippen molar-refractivity contribution in [1.29, 1.82) is 5.41 Å². The molecule has 0 heterocycles. The van der Waals surface area contributed by atoms with Crippen LogP contribution in [-0.2, 0) is 0 Å². The molecule has 0 atom stereocenters. The molecule has 0 saturated heterocycles. The zero-order valence-electron chi connectivity index (χ0n) is 9.00. The van der Waals surface area contributed by atoms with Gasteiger partial charge in [0.1, 0.15) is 5.82 Å². The lowest BCUT2D eigenvalue weighted by molar-refractivity contribution is 0.628. The fourth-order valence-electron chi connectivity index (χ4n) is 1.76. The Morgan fingerprint density at radius 2 is 1.94 bits per heavy atom. The fourth-order valence-corrected chi connectivity index (χ4v) is 1.76. The average molecular weight is 213 g/mol. The van der Waals surface area contributed by atoms with Crippen LogP contribution in [0.2, 0.25) is 0 Å². The van der Waals surface area contributed by atoms with Crippen LogP contribution in [0.4, 0.5) is 4.39 Å². The third kappa shape index (κ3) is 2.01. The van der Waals surface area contributed by atoms with E-state index in [0.717, 1.165) is 22.3 Å². The monoisotopic (exact) mass is 213 g/mol. The molecule has 0 saturated carbocycles. The molecule has 1 nitrogen and oxygen atoms in total. The molecule has 0 amide bonds. The zero-order chi connectivity index (χ0) is 11.5. The van der Waals surface area contributed by atoms with Gasteiger partial charge in [0.25, 0.3) is 0 Å². The van der Waals surface area contributed by atoms with Gasteiger partial charge in [-0.3, -0.25) is 0 Å². The van der Waals surface area contributed by atoms with Crippen LogP contribution in [0.5, 0.6) is 0 Å². The van der Waals surface area contributed by atoms with Crippen LogP contribution in [0, 0.1) is 18.2 Å². The minimum Gasteiger partial charge on any atom is -0.308 e. The van der Waals surface area contributed by atoms with Crippen LogP contribution >= 0.6 is 0 Å². The van der Waals surface area contributed by atoms with Gasteiger partial charge >= 0.3 is 0 Å². The summed E-state index contributed by atoms with van der Waals surface area (Å²) in [6, 6.07) is 12.2. The highest BCUT2D eigenvalue weighted by Gasteiger charge is 2.03. The maximum Gasteiger partial charge on any atom is 0.123 e. The van der Waals surface area contributed by atoms with Crippen molar-refractivity contribution in [2.45, 2.75) is 6.92 Å². The first-order chi connectivity index (χ1) is 7.70. The maximum absolute atomic E-state index is 13.1. The van der Waals surface area contributed by atoms with Gasteiger partial charge < -0.3 is 5.41 Å². The van der Waals surface area contributed by atoms with Crippen LogP contribution in [0.25, 0.3) is 11.1 Å². The van der Waals surface area contributed by atoms with Crippen molar-refractivity contribution in [1.82, 2.24) is 0 Å². The molecule has 0 radical (unpaired) electrons. The van der Waals surface area contributed by atoms with E-state index in [1.165, 1.54) is 18.3 Å². The van der Waals surface area contributed by atoms with Gasteiger partial charge in [0, 0.05) is 6.21 Å². The molecule has 2 aromatic carbocycles.